The standard InChI is InChI=1S/C19H19NO4/c1-13(21)19(24-3)17(14-7-5-4-6-8-14)20(18(19)22)15-9-11-16(23-2)12-10-15/h4-12,17H,1-3H3/t17?,19-/m0/s1. The molecule has 1 unspecified atom stereocenters. The van der Waals surface area contributed by atoms with Crippen LogP contribution in [-0.4, -0.2) is 31.5 Å². The van der Waals surface area contributed by atoms with Crippen molar-refractivity contribution in [2.24, 2.45) is 0 Å². The van der Waals surface area contributed by atoms with E-state index in [1.165, 1.54) is 14.0 Å². The summed E-state index contributed by atoms with van der Waals surface area (Å²) in [5, 5.41) is 0. The maximum absolute atomic E-state index is 12.8. The van der Waals surface area contributed by atoms with Crippen molar-refractivity contribution < 1.29 is 19.1 Å². The Hall–Kier alpha value is -2.66. The first-order chi connectivity index (χ1) is 11.6. The third kappa shape index (κ3) is 2.20. The van der Waals surface area contributed by atoms with Crippen molar-refractivity contribution >= 4 is 17.4 Å². The minimum Gasteiger partial charge on any atom is -0.497 e. The molecule has 0 spiro atoms. The molecular formula is C19H19NO4. The molecule has 0 N–H and O–H groups in total. The summed E-state index contributed by atoms with van der Waals surface area (Å²) in [6.45, 7) is 1.39. The van der Waals surface area contributed by atoms with Crippen molar-refractivity contribution in [1.29, 1.82) is 0 Å². The van der Waals surface area contributed by atoms with Gasteiger partial charge in [0.2, 0.25) is 5.60 Å². The van der Waals surface area contributed by atoms with Crippen molar-refractivity contribution in [1.82, 2.24) is 0 Å². The first-order valence-electron chi connectivity index (χ1n) is 7.65. The minimum absolute atomic E-state index is 0.298. The van der Waals surface area contributed by atoms with Gasteiger partial charge in [-0.3, -0.25) is 14.5 Å². The van der Waals surface area contributed by atoms with E-state index in [1.807, 2.05) is 30.3 Å². The van der Waals surface area contributed by atoms with Crippen LogP contribution in [0.5, 0.6) is 5.75 Å². The third-order valence-corrected chi connectivity index (χ3v) is 4.49. The summed E-state index contributed by atoms with van der Waals surface area (Å²) in [5.74, 6) is 0.0534. The van der Waals surface area contributed by atoms with E-state index in [1.54, 1.807) is 36.3 Å². The van der Waals surface area contributed by atoms with Gasteiger partial charge in [-0.25, -0.2) is 0 Å². The maximum Gasteiger partial charge on any atom is 0.270 e. The number of ether oxygens (including phenoxy) is 2. The van der Waals surface area contributed by atoms with Crippen LogP contribution in [0, 0.1) is 0 Å². The van der Waals surface area contributed by atoms with E-state index in [9.17, 15) is 9.59 Å². The Balaban J connectivity index is 2.08. The fourth-order valence-electron chi connectivity index (χ4n) is 3.24. The highest BCUT2D eigenvalue weighted by molar-refractivity contribution is 6.22. The zero-order chi connectivity index (χ0) is 17.3. The molecule has 0 radical (unpaired) electrons. The highest BCUT2D eigenvalue weighted by Gasteiger charge is 2.65. The van der Waals surface area contributed by atoms with Gasteiger partial charge < -0.3 is 9.47 Å². The van der Waals surface area contributed by atoms with Gasteiger partial charge in [-0.1, -0.05) is 30.3 Å². The molecule has 5 heteroatoms. The molecule has 1 aliphatic heterocycles. The molecule has 3 rings (SSSR count). The van der Waals surface area contributed by atoms with E-state index in [-0.39, 0.29) is 11.7 Å². The van der Waals surface area contributed by atoms with E-state index >= 15 is 0 Å². The van der Waals surface area contributed by atoms with Gasteiger partial charge >= 0.3 is 0 Å². The van der Waals surface area contributed by atoms with Gasteiger partial charge in [-0.2, -0.15) is 0 Å². The Morgan fingerprint density at radius 3 is 2.17 bits per heavy atom. The first kappa shape index (κ1) is 16.2. The number of carbonyl (C=O) groups excluding carboxylic acids is 2. The molecular weight excluding hydrogens is 306 g/mol. The van der Waals surface area contributed by atoms with Crippen LogP contribution >= 0.6 is 0 Å². The highest BCUT2D eigenvalue weighted by Crippen LogP contribution is 2.48. The Morgan fingerprint density at radius 1 is 1.04 bits per heavy atom. The topological polar surface area (TPSA) is 55.8 Å². The zero-order valence-electron chi connectivity index (χ0n) is 13.9. The summed E-state index contributed by atoms with van der Waals surface area (Å²) >= 11 is 0. The molecule has 124 valence electrons. The first-order valence-corrected chi connectivity index (χ1v) is 7.65. The Labute approximate surface area is 140 Å². The van der Waals surface area contributed by atoms with Crippen LogP contribution in [0.15, 0.2) is 54.6 Å². The molecule has 0 saturated carbocycles. The molecule has 1 amide bonds. The number of Topliss-reactive ketones (excluding diaryl/α,β-unsaturated/α-hetero) is 1. The van der Waals surface area contributed by atoms with E-state index in [0.29, 0.717) is 11.4 Å². The molecule has 24 heavy (non-hydrogen) atoms. The monoisotopic (exact) mass is 325 g/mol. The number of anilines is 1. The van der Waals surface area contributed by atoms with Crippen molar-refractivity contribution in [3.8, 4) is 5.75 Å². The summed E-state index contributed by atoms with van der Waals surface area (Å²) in [4.78, 5) is 26.7. The van der Waals surface area contributed by atoms with Crippen LogP contribution in [0.3, 0.4) is 0 Å². The van der Waals surface area contributed by atoms with Gasteiger partial charge in [-0.05, 0) is 36.8 Å². The summed E-state index contributed by atoms with van der Waals surface area (Å²) < 4.78 is 10.6. The number of nitrogens with zero attached hydrogens (tertiary/aromatic N) is 1. The Morgan fingerprint density at radius 2 is 1.67 bits per heavy atom. The normalized spacial score (nSPS) is 22.9. The number of rotatable bonds is 5. The Bertz CT molecular complexity index is 757. The zero-order valence-corrected chi connectivity index (χ0v) is 13.9. The van der Waals surface area contributed by atoms with E-state index in [2.05, 4.69) is 0 Å². The number of hydrogen-bond donors (Lipinski definition) is 0. The molecule has 0 aliphatic carbocycles. The Kier molecular flexibility index (Phi) is 4.11. The molecule has 1 aliphatic rings. The van der Waals surface area contributed by atoms with Gasteiger partial charge in [0.25, 0.3) is 5.91 Å². The minimum atomic E-state index is -1.47. The van der Waals surface area contributed by atoms with Gasteiger partial charge in [0.1, 0.15) is 11.8 Å². The number of β-lactam (4-membered cyclic amide) rings is 1. The summed E-state index contributed by atoms with van der Waals surface area (Å²) in [7, 11) is 2.99. The SMILES string of the molecule is COc1ccc(N2C(=O)[C@](OC)(C(C)=O)C2c2ccccc2)cc1. The molecule has 0 bridgehead atoms. The van der Waals surface area contributed by atoms with Gasteiger partial charge in [0.15, 0.2) is 5.78 Å². The lowest BCUT2D eigenvalue weighted by Gasteiger charge is -2.53. The number of hydrogen-bond acceptors (Lipinski definition) is 4. The molecule has 2 aromatic carbocycles. The molecule has 2 atom stereocenters. The average molecular weight is 325 g/mol. The van der Waals surface area contributed by atoms with Crippen LogP contribution in [0.1, 0.15) is 18.5 Å². The smallest absolute Gasteiger partial charge is 0.270 e. The lowest BCUT2D eigenvalue weighted by molar-refractivity contribution is -0.168. The number of carbonyl (C=O) groups is 2. The second kappa shape index (κ2) is 6.09. The predicted molar refractivity (Wildman–Crippen MR) is 90.1 cm³/mol. The average Bonchev–Trinajstić information content (AvgIpc) is 2.61. The molecule has 0 aromatic heterocycles. The van der Waals surface area contributed by atoms with Gasteiger partial charge in [0, 0.05) is 12.8 Å². The largest absolute Gasteiger partial charge is 0.497 e. The summed E-state index contributed by atoms with van der Waals surface area (Å²) in [5.41, 5.74) is 0.0786. The third-order valence-electron chi connectivity index (χ3n) is 4.49. The van der Waals surface area contributed by atoms with Crippen molar-refractivity contribution in [2.45, 2.75) is 18.6 Å². The van der Waals surface area contributed by atoms with Crippen LogP contribution in [0.2, 0.25) is 0 Å². The molecule has 1 saturated heterocycles. The number of amides is 1. The highest BCUT2D eigenvalue weighted by atomic mass is 16.5. The fourth-order valence-corrected chi connectivity index (χ4v) is 3.24. The molecule has 5 nitrogen and oxygen atoms in total. The molecule has 1 fully saturated rings. The van der Waals surface area contributed by atoms with Crippen LogP contribution < -0.4 is 9.64 Å². The quantitative estimate of drug-likeness (QED) is 0.626. The van der Waals surface area contributed by atoms with Gasteiger partial charge in [0.05, 0.1) is 7.11 Å². The van der Waals surface area contributed by atoms with Crippen LogP contribution in [0.4, 0.5) is 5.69 Å². The van der Waals surface area contributed by atoms with E-state index < -0.39 is 11.6 Å². The van der Waals surface area contributed by atoms with Crippen LogP contribution in [-0.2, 0) is 14.3 Å². The lowest BCUT2D eigenvalue weighted by Crippen LogP contribution is -2.73. The molecule has 1 heterocycles. The number of methoxy groups -OCH3 is 2. The van der Waals surface area contributed by atoms with Gasteiger partial charge in [-0.15, -0.1) is 0 Å². The number of ketones is 1. The maximum atomic E-state index is 12.8. The summed E-state index contributed by atoms with van der Waals surface area (Å²) in [6.07, 6.45) is 0. The molecule has 2 aromatic rings. The van der Waals surface area contributed by atoms with Crippen molar-refractivity contribution in [2.75, 3.05) is 19.1 Å². The second-order valence-corrected chi connectivity index (χ2v) is 5.68. The second-order valence-electron chi connectivity index (χ2n) is 5.68. The van der Waals surface area contributed by atoms with Crippen molar-refractivity contribution in [3.63, 3.8) is 0 Å². The number of benzene rings is 2. The fraction of sp³-hybridized carbons (Fsp3) is 0.263. The van der Waals surface area contributed by atoms with Crippen LogP contribution in [0.25, 0.3) is 0 Å². The lowest BCUT2D eigenvalue weighted by atomic mass is 9.74. The van der Waals surface area contributed by atoms with E-state index in [0.717, 1.165) is 5.56 Å². The van der Waals surface area contributed by atoms with E-state index in [4.69, 9.17) is 9.47 Å². The van der Waals surface area contributed by atoms with Crippen molar-refractivity contribution in [3.05, 3.63) is 60.2 Å². The predicted octanol–water partition coefficient (Wildman–Crippen LogP) is 2.76. The summed E-state index contributed by atoms with van der Waals surface area (Å²) in [6, 6.07) is 16.1.